The molecule has 0 saturated heterocycles. The van der Waals surface area contributed by atoms with Gasteiger partial charge in [-0.05, 0) is 23.9 Å². The van der Waals surface area contributed by atoms with Gasteiger partial charge in [-0.1, -0.05) is 0 Å². The van der Waals surface area contributed by atoms with E-state index in [1.165, 1.54) is 6.07 Å². The molecule has 0 aromatic heterocycles. The molecule has 1 aliphatic heterocycles. The van der Waals surface area contributed by atoms with Crippen LogP contribution in [-0.4, -0.2) is 30.6 Å². The molecule has 39 heavy (non-hydrogen) atoms. The Balaban J connectivity index is 1.90. The zero-order chi connectivity index (χ0) is 27.0. The van der Waals surface area contributed by atoms with E-state index in [4.69, 9.17) is 4.74 Å². The molecule has 0 bridgehead atoms. The van der Waals surface area contributed by atoms with Crippen LogP contribution in [0.15, 0.2) is 27.8 Å². The van der Waals surface area contributed by atoms with Crippen molar-refractivity contribution in [2.75, 3.05) is 0 Å². The summed E-state index contributed by atoms with van der Waals surface area (Å²) in [7, 11) is 0. The van der Waals surface area contributed by atoms with Gasteiger partial charge in [0.15, 0.2) is 10.9 Å². The molecule has 190 valence electrons. The molecular weight excluding hydrogens is 504 g/mol. The van der Waals surface area contributed by atoms with Gasteiger partial charge in [-0.15, -0.1) is 0 Å². The quantitative estimate of drug-likeness (QED) is 0.129. The van der Waals surface area contributed by atoms with E-state index in [1.807, 2.05) is 0 Å². The van der Waals surface area contributed by atoms with Gasteiger partial charge in [0.05, 0.1) is 33.6 Å². The van der Waals surface area contributed by atoms with Gasteiger partial charge in [-0.2, -0.15) is 0 Å². The van der Waals surface area contributed by atoms with Crippen molar-refractivity contribution < 1.29 is 35.4 Å². The van der Waals surface area contributed by atoms with Crippen molar-refractivity contribution in [3.63, 3.8) is 0 Å². The molecule has 1 heterocycles. The van der Waals surface area contributed by atoms with Gasteiger partial charge in [-0.25, -0.2) is 0 Å². The number of phenols is 5. The molecule has 0 saturated carbocycles. The average molecular weight is 520 g/mol. The first-order valence-corrected chi connectivity index (χ1v) is 12.3. The number of rotatable bonds is 0. The minimum absolute atomic E-state index is 0.00387. The molecule has 9 nitrogen and oxygen atoms in total. The van der Waals surface area contributed by atoms with Crippen molar-refractivity contribution in [1.29, 1.82) is 0 Å². The third-order valence-corrected chi connectivity index (χ3v) is 8.99. The Morgan fingerprint density at radius 1 is 0.615 bits per heavy atom. The monoisotopic (exact) mass is 520 g/mol. The zero-order valence-corrected chi connectivity index (χ0v) is 20.1. The van der Waals surface area contributed by atoms with E-state index >= 15 is 0 Å². The van der Waals surface area contributed by atoms with Crippen LogP contribution in [0.5, 0.6) is 28.7 Å². The zero-order valence-electron chi connectivity index (χ0n) is 20.1. The second-order valence-corrected chi connectivity index (χ2v) is 10.9. The molecule has 1 aliphatic carbocycles. The van der Waals surface area contributed by atoms with Crippen LogP contribution >= 0.6 is 0 Å². The average Bonchev–Trinajstić information content (AvgIpc) is 2.85. The van der Waals surface area contributed by atoms with Gasteiger partial charge in [0.1, 0.15) is 34.5 Å². The first-order valence-electron chi connectivity index (χ1n) is 12.3. The lowest BCUT2D eigenvalue weighted by atomic mass is 9.72. The third-order valence-electron chi connectivity index (χ3n) is 8.99. The fourth-order valence-corrected chi connectivity index (χ4v) is 7.66. The third kappa shape index (κ3) is 1.93. The number of fused-ring (bicyclic) bond motifs is 1. The molecule has 0 fully saturated rings. The van der Waals surface area contributed by atoms with Crippen molar-refractivity contribution in [3.8, 4) is 28.7 Å². The van der Waals surface area contributed by atoms with Crippen LogP contribution in [0.25, 0.3) is 70.4 Å². The lowest BCUT2D eigenvalue weighted by molar-refractivity contribution is -0.0510. The maximum Gasteiger partial charge on any atom is 0.190 e. The molecule has 9 rings (SSSR count). The number of benzene rings is 7. The summed E-state index contributed by atoms with van der Waals surface area (Å²) in [5, 5.41) is 69.4. The van der Waals surface area contributed by atoms with Gasteiger partial charge < -0.3 is 35.4 Å². The smallest absolute Gasteiger partial charge is 0.190 e. The highest BCUT2D eigenvalue weighted by molar-refractivity contribution is 6.47. The Hall–Kier alpha value is -5.02. The van der Waals surface area contributed by atoms with Crippen LogP contribution in [0.3, 0.4) is 0 Å². The predicted octanol–water partition coefficient (Wildman–Crippen LogP) is 3.70. The van der Waals surface area contributed by atoms with Crippen molar-refractivity contribution in [2.24, 2.45) is 0 Å². The first-order chi connectivity index (χ1) is 18.5. The van der Waals surface area contributed by atoms with E-state index in [-0.39, 0.29) is 61.7 Å². The summed E-state index contributed by atoms with van der Waals surface area (Å²) in [5.41, 5.74) is -1.13. The largest absolute Gasteiger partial charge is 0.511 e. The molecule has 0 spiro atoms. The number of aromatic hydroxyl groups is 5. The SMILES string of the molecule is CC12CC(O)=c3c(O)c4c(O)cc(=O)c5c6c(O)cc(O)c7c(O)c8c(=O)cc(c9c1c3c(c45)c(c98)c76)CO2. The van der Waals surface area contributed by atoms with Gasteiger partial charge >= 0.3 is 0 Å². The predicted molar refractivity (Wildman–Crippen MR) is 144 cm³/mol. The van der Waals surface area contributed by atoms with E-state index in [2.05, 4.69) is 0 Å². The van der Waals surface area contributed by atoms with Gasteiger partial charge in [0.25, 0.3) is 0 Å². The Labute approximate surface area is 215 Å². The number of aliphatic hydroxyl groups excluding tert-OH is 1. The number of phenolic OH excluding ortho intramolecular Hbond substituents is 5. The summed E-state index contributed by atoms with van der Waals surface area (Å²) in [6, 6.07) is 3.29. The van der Waals surface area contributed by atoms with E-state index in [9.17, 15) is 40.2 Å². The summed E-state index contributed by atoms with van der Waals surface area (Å²) < 4.78 is 6.22. The highest BCUT2D eigenvalue weighted by Gasteiger charge is 2.44. The number of ether oxygens (including phenoxy) is 1. The molecule has 7 aromatic carbocycles. The lowest BCUT2D eigenvalue weighted by Gasteiger charge is -2.40. The minimum Gasteiger partial charge on any atom is -0.511 e. The maximum absolute atomic E-state index is 13.5. The highest BCUT2D eigenvalue weighted by Crippen LogP contribution is 2.59. The highest BCUT2D eigenvalue weighted by atomic mass is 16.5. The molecule has 6 N–H and O–H groups in total. The van der Waals surface area contributed by atoms with E-state index in [0.29, 0.717) is 38.1 Å². The maximum atomic E-state index is 13.5. The van der Waals surface area contributed by atoms with E-state index in [1.54, 1.807) is 6.92 Å². The molecule has 9 heteroatoms. The summed E-state index contributed by atoms with van der Waals surface area (Å²) in [6.07, 6.45) is -0.0110. The van der Waals surface area contributed by atoms with Crippen LogP contribution < -0.4 is 16.1 Å². The molecule has 0 amide bonds. The van der Waals surface area contributed by atoms with Crippen LogP contribution in [-0.2, 0) is 16.9 Å². The number of aliphatic hydroxyl groups is 1. The molecule has 1 unspecified atom stereocenters. The fraction of sp³-hybridized carbons (Fsp3) is 0.133. The van der Waals surface area contributed by atoms with Crippen LogP contribution in [0, 0.1) is 0 Å². The summed E-state index contributed by atoms with van der Waals surface area (Å²) in [6.45, 7) is 1.83. The second kappa shape index (κ2) is 5.84. The standard InChI is InChI=1S/C30H16O9/c1-30-5-13(36)20-26-25-23-16(10(33)4-12(35)19(23)29(20)38)15-9(32)3-11(34)18-22(15)24(25)21-14(27(26)30)7(6-39-30)2-8(31)17(21)28(18)37/h2-4,32,34-38H,5-6H2,1H3. The second-order valence-electron chi connectivity index (χ2n) is 10.9. The Morgan fingerprint density at radius 2 is 1.18 bits per heavy atom. The molecule has 0 radical (unpaired) electrons. The number of hydrogen-bond acceptors (Lipinski definition) is 9. The first kappa shape index (κ1) is 21.0. The van der Waals surface area contributed by atoms with E-state index < -0.39 is 45.2 Å². The summed E-state index contributed by atoms with van der Waals surface area (Å²) in [5.74, 6) is -2.55. The molecule has 7 aromatic rings. The normalized spacial score (nSPS) is 18.9. The Morgan fingerprint density at radius 3 is 1.95 bits per heavy atom. The summed E-state index contributed by atoms with van der Waals surface area (Å²) >= 11 is 0. The van der Waals surface area contributed by atoms with Crippen LogP contribution in [0.4, 0.5) is 0 Å². The molecule has 2 aliphatic rings. The lowest BCUT2D eigenvalue weighted by Crippen LogP contribution is -2.36. The molecular formula is C30H16O9. The van der Waals surface area contributed by atoms with Crippen molar-refractivity contribution in [3.05, 3.63) is 55.0 Å². The minimum atomic E-state index is -1.08. The van der Waals surface area contributed by atoms with Gasteiger partial charge in [0, 0.05) is 67.2 Å². The topological polar surface area (TPSA) is 165 Å². The van der Waals surface area contributed by atoms with Crippen LogP contribution in [0.2, 0.25) is 0 Å². The fourth-order valence-electron chi connectivity index (χ4n) is 7.66. The summed E-state index contributed by atoms with van der Waals surface area (Å²) in [4.78, 5) is 27.0. The van der Waals surface area contributed by atoms with Gasteiger partial charge in [-0.3, -0.25) is 9.59 Å². The van der Waals surface area contributed by atoms with Crippen molar-refractivity contribution in [1.82, 2.24) is 0 Å². The van der Waals surface area contributed by atoms with Gasteiger partial charge in [0.2, 0.25) is 0 Å². The van der Waals surface area contributed by atoms with Crippen LogP contribution in [0.1, 0.15) is 24.5 Å². The Bertz CT molecular complexity index is 2530. The molecule has 1 atom stereocenters. The van der Waals surface area contributed by atoms with Crippen molar-refractivity contribution in [2.45, 2.75) is 25.6 Å². The van der Waals surface area contributed by atoms with E-state index in [0.717, 1.165) is 12.1 Å². The number of hydrogen-bond donors (Lipinski definition) is 6. The Kier molecular flexibility index (Phi) is 3.14. The van der Waals surface area contributed by atoms with Crippen molar-refractivity contribution >= 4 is 70.4 Å².